The van der Waals surface area contributed by atoms with Crippen LogP contribution in [-0.4, -0.2) is 50.8 Å². The van der Waals surface area contributed by atoms with Gasteiger partial charge in [-0.3, -0.25) is 0 Å². The van der Waals surface area contributed by atoms with Gasteiger partial charge in [0.05, 0.1) is 6.61 Å². The smallest absolute Gasteiger partial charge is 0.0546 e. The summed E-state index contributed by atoms with van der Waals surface area (Å²) in [7, 11) is 0. The molecular weight excluding hydrogens is 236 g/mol. The van der Waals surface area contributed by atoms with Crippen molar-refractivity contribution in [1.29, 1.82) is 0 Å². The highest BCUT2D eigenvalue weighted by Crippen LogP contribution is 2.29. The topological polar surface area (TPSA) is 24.5 Å². The van der Waals surface area contributed by atoms with E-state index in [1.165, 1.54) is 32.4 Å². The summed E-state index contributed by atoms with van der Waals surface area (Å²) in [5.74, 6) is 0.741. The fourth-order valence-corrected chi connectivity index (χ4v) is 3.06. The first-order valence-electron chi connectivity index (χ1n) is 8.12. The van der Waals surface area contributed by atoms with Crippen LogP contribution in [0.5, 0.6) is 0 Å². The minimum absolute atomic E-state index is 0.332. The second-order valence-electron chi connectivity index (χ2n) is 6.55. The van der Waals surface area contributed by atoms with Gasteiger partial charge in [0, 0.05) is 31.7 Å². The molecule has 1 rings (SSSR count). The number of ether oxygens (including phenoxy) is 1. The number of hydrogen-bond donors (Lipinski definition) is 1. The fourth-order valence-electron chi connectivity index (χ4n) is 3.06. The fraction of sp³-hybridized carbons (Fsp3) is 1.00. The van der Waals surface area contributed by atoms with Crippen molar-refractivity contribution in [1.82, 2.24) is 10.2 Å². The van der Waals surface area contributed by atoms with Gasteiger partial charge in [-0.2, -0.15) is 0 Å². The van der Waals surface area contributed by atoms with Gasteiger partial charge in [-0.1, -0.05) is 27.7 Å². The van der Waals surface area contributed by atoms with Crippen molar-refractivity contribution >= 4 is 0 Å². The van der Waals surface area contributed by atoms with Crippen molar-refractivity contribution in [2.75, 3.05) is 45.9 Å². The molecule has 1 atom stereocenters. The first-order chi connectivity index (χ1) is 9.12. The predicted octanol–water partition coefficient (Wildman–Crippen LogP) is 2.76. The molecule has 3 nitrogen and oxygen atoms in total. The Morgan fingerprint density at radius 2 is 2.11 bits per heavy atom. The van der Waals surface area contributed by atoms with Crippen LogP contribution in [0.15, 0.2) is 0 Å². The molecule has 1 unspecified atom stereocenters. The van der Waals surface area contributed by atoms with E-state index in [1.807, 2.05) is 0 Å². The second kappa shape index (κ2) is 8.93. The van der Waals surface area contributed by atoms with E-state index < -0.39 is 0 Å². The third-order valence-electron chi connectivity index (χ3n) is 3.96. The summed E-state index contributed by atoms with van der Waals surface area (Å²) in [5.41, 5.74) is 0.332. The summed E-state index contributed by atoms with van der Waals surface area (Å²) in [6.45, 7) is 16.8. The Bertz CT molecular complexity index is 225. The molecule has 1 aliphatic rings. The van der Waals surface area contributed by atoms with Crippen LogP contribution in [0.4, 0.5) is 0 Å². The molecule has 1 aliphatic heterocycles. The molecule has 0 aliphatic carbocycles. The minimum Gasteiger partial charge on any atom is -0.381 e. The molecule has 1 N–H and O–H groups in total. The summed E-state index contributed by atoms with van der Waals surface area (Å²) in [5, 5.41) is 3.62. The highest BCUT2D eigenvalue weighted by atomic mass is 16.5. The lowest BCUT2D eigenvalue weighted by atomic mass is 9.81. The Labute approximate surface area is 120 Å². The van der Waals surface area contributed by atoms with Crippen LogP contribution >= 0.6 is 0 Å². The molecule has 0 amide bonds. The molecule has 0 saturated carbocycles. The predicted molar refractivity (Wildman–Crippen MR) is 82.6 cm³/mol. The normalized spacial score (nSPS) is 24.3. The van der Waals surface area contributed by atoms with Crippen molar-refractivity contribution in [3.8, 4) is 0 Å². The molecule has 0 bridgehead atoms. The SMILES string of the molecule is CCCNCC1(CN(CC)CC(C)C)CCCOC1. The molecule has 0 spiro atoms. The Balaban J connectivity index is 2.55. The summed E-state index contributed by atoms with van der Waals surface area (Å²) in [6.07, 6.45) is 3.73. The third kappa shape index (κ3) is 6.24. The average molecular weight is 270 g/mol. The maximum atomic E-state index is 5.80. The van der Waals surface area contributed by atoms with Gasteiger partial charge in [0.1, 0.15) is 0 Å². The van der Waals surface area contributed by atoms with Crippen LogP contribution < -0.4 is 5.32 Å². The summed E-state index contributed by atoms with van der Waals surface area (Å²) < 4.78 is 5.80. The van der Waals surface area contributed by atoms with E-state index in [2.05, 4.69) is 37.9 Å². The van der Waals surface area contributed by atoms with Gasteiger partial charge in [-0.05, 0) is 38.3 Å². The van der Waals surface area contributed by atoms with E-state index in [9.17, 15) is 0 Å². The quantitative estimate of drug-likeness (QED) is 0.652. The van der Waals surface area contributed by atoms with E-state index in [0.29, 0.717) is 5.41 Å². The molecule has 3 heteroatoms. The van der Waals surface area contributed by atoms with Crippen molar-refractivity contribution in [2.45, 2.75) is 47.0 Å². The van der Waals surface area contributed by atoms with E-state index in [0.717, 1.165) is 38.8 Å². The van der Waals surface area contributed by atoms with Gasteiger partial charge in [0.2, 0.25) is 0 Å². The first kappa shape index (κ1) is 16.9. The second-order valence-corrected chi connectivity index (χ2v) is 6.55. The van der Waals surface area contributed by atoms with Gasteiger partial charge < -0.3 is 15.0 Å². The van der Waals surface area contributed by atoms with Gasteiger partial charge >= 0.3 is 0 Å². The Morgan fingerprint density at radius 1 is 1.32 bits per heavy atom. The van der Waals surface area contributed by atoms with Gasteiger partial charge in [0.15, 0.2) is 0 Å². The zero-order chi connectivity index (χ0) is 14.1. The van der Waals surface area contributed by atoms with Crippen molar-refractivity contribution in [2.24, 2.45) is 11.3 Å². The van der Waals surface area contributed by atoms with Crippen LogP contribution in [0, 0.1) is 11.3 Å². The number of nitrogens with zero attached hydrogens (tertiary/aromatic N) is 1. The van der Waals surface area contributed by atoms with E-state index in [4.69, 9.17) is 4.74 Å². The van der Waals surface area contributed by atoms with E-state index >= 15 is 0 Å². The van der Waals surface area contributed by atoms with E-state index in [-0.39, 0.29) is 0 Å². The molecule has 0 radical (unpaired) electrons. The van der Waals surface area contributed by atoms with Crippen molar-refractivity contribution in [3.05, 3.63) is 0 Å². The minimum atomic E-state index is 0.332. The van der Waals surface area contributed by atoms with Gasteiger partial charge in [-0.15, -0.1) is 0 Å². The lowest BCUT2D eigenvalue weighted by molar-refractivity contribution is -0.0268. The Hall–Kier alpha value is -0.120. The summed E-state index contributed by atoms with van der Waals surface area (Å²) in [6, 6.07) is 0. The third-order valence-corrected chi connectivity index (χ3v) is 3.96. The highest BCUT2D eigenvalue weighted by molar-refractivity contribution is 4.87. The van der Waals surface area contributed by atoms with Gasteiger partial charge in [0.25, 0.3) is 0 Å². The molecular formula is C16H34N2O. The molecule has 0 aromatic rings. The van der Waals surface area contributed by atoms with Crippen molar-refractivity contribution < 1.29 is 4.74 Å². The summed E-state index contributed by atoms with van der Waals surface area (Å²) >= 11 is 0. The van der Waals surface area contributed by atoms with Crippen molar-refractivity contribution in [3.63, 3.8) is 0 Å². The maximum Gasteiger partial charge on any atom is 0.0546 e. The molecule has 0 aromatic heterocycles. The lowest BCUT2D eigenvalue weighted by Gasteiger charge is -2.41. The highest BCUT2D eigenvalue weighted by Gasteiger charge is 2.34. The van der Waals surface area contributed by atoms with Crippen LogP contribution in [0.2, 0.25) is 0 Å². The molecule has 19 heavy (non-hydrogen) atoms. The largest absolute Gasteiger partial charge is 0.381 e. The van der Waals surface area contributed by atoms with Crippen LogP contribution in [0.1, 0.15) is 47.0 Å². The van der Waals surface area contributed by atoms with Crippen LogP contribution in [0.3, 0.4) is 0 Å². The maximum absolute atomic E-state index is 5.80. The lowest BCUT2D eigenvalue weighted by Crippen LogP contribution is -2.49. The number of hydrogen-bond acceptors (Lipinski definition) is 3. The zero-order valence-corrected chi connectivity index (χ0v) is 13.5. The van der Waals surface area contributed by atoms with Crippen LogP contribution in [0.25, 0.3) is 0 Å². The molecule has 114 valence electrons. The van der Waals surface area contributed by atoms with E-state index in [1.54, 1.807) is 0 Å². The Morgan fingerprint density at radius 3 is 2.63 bits per heavy atom. The molecule has 1 fully saturated rings. The molecule has 1 heterocycles. The standard InChI is InChI=1S/C16H34N2O/c1-5-9-17-12-16(8-7-10-19-14-16)13-18(6-2)11-15(3)4/h15,17H,5-14H2,1-4H3. The zero-order valence-electron chi connectivity index (χ0n) is 13.5. The summed E-state index contributed by atoms with van der Waals surface area (Å²) in [4.78, 5) is 2.60. The first-order valence-corrected chi connectivity index (χ1v) is 8.12. The molecule has 1 saturated heterocycles. The Kier molecular flexibility index (Phi) is 7.96. The average Bonchev–Trinajstić information content (AvgIpc) is 2.39. The number of nitrogens with one attached hydrogen (secondary N) is 1. The monoisotopic (exact) mass is 270 g/mol. The molecule has 0 aromatic carbocycles. The van der Waals surface area contributed by atoms with Gasteiger partial charge in [-0.25, -0.2) is 0 Å². The number of rotatable bonds is 9. The van der Waals surface area contributed by atoms with Crippen LogP contribution in [-0.2, 0) is 4.74 Å².